The largest absolute Gasteiger partial charge is 0.372 e. The van der Waals surface area contributed by atoms with Gasteiger partial charge < -0.3 is 24.5 Å². The minimum atomic E-state index is 0.105. The Hall–Kier alpha value is -4.90. The van der Waals surface area contributed by atoms with Crippen molar-refractivity contribution in [3.63, 3.8) is 0 Å². The van der Waals surface area contributed by atoms with Gasteiger partial charge in [0, 0.05) is 98.1 Å². The summed E-state index contributed by atoms with van der Waals surface area (Å²) in [7, 11) is 0. The quantitative estimate of drug-likeness (QED) is 0.0381. The molecule has 5 heteroatoms. The van der Waals surface area contributed by atoms with Crippen molar-refractivity contribution in [3.8, 4) is 0 Å². The first-order chi connectivity index (χ1) is 33.4. The first kappa shape index (κ1) is 54.0. The van der Waals surface area contributed by atoms with Gasteiger partial charge in [0.05, 0.1) is 0 Å². The van der Waals surface area contributed by atoms with E-state index in [1.807, 2.05) is 0 Å². The lowest BCUT2D eigenvalue weighted by atomic mass is 9.84. The number of unbranched alkanes of at least 4 members (excludes halogenated alkanes) is 8. The summed E-state index contributed by atoms with van der Waals surface area (Å²) in [6.45, 7) is 27.3. The van der Waals surface area contributed by atoms with E-state index < -0.39 is 0 Å². The topological polar surface area (TPSA) is 16.2 Å². The maximum Gasteiger partial charge on any atom is 0.0463 e. The van der Waals surface area contributed by atoms with Gasteiger partial charge in [0.15, 0.2) is 0 Å². The molecule has 0 aromatic heterocycles. The number of hydrogen-bond acceptors (Lipinski definition) is 5. The highest BCUT2D eigenvalue weighted by Gasteiger charge is 2.21. The molecule has 5 aromatic carbocycles. The molecule has 0 saturated carbocycles. The van der Waals surface area contributed by atoms with Crippen LogP contribution in [0.2, 0.25) is 0 Å². The molecular weight excluding hydrogens is 827 g/mol. The van der Waals surface area contributed by atoms with Gasteiger partial charge in [-0.3, -0.25) is 0 Å². The molecule has 0 aliphatic rings. The van der Waals surface area contributed by atoms with Gasteiger partial charge in [-0.25, -0.2) is 0 Å². The zero-order valence-corrected chi connectivity index (χ0v) is 44.3. The standard InChI is InChI=1S/C63H93N5/c1-9-17-45-64(46-18-10-2)56-31-25-53(26-32-56)63(54-27-33-57(34-28-54)65(47-19-11-3)48-20-12-4)55-29-35-60(36-30-55)68(61-41-37-58(38-42-61)66(49-21-13-5)50-22-14-6)62-43-39-59(40-44-62)67(51-23-15-7)52-24-16-8/h25-44,63H,9-24,45-52H2,1-8H3. The summed E-state index contributed by atoms with van der Waals surface area (Å²) in [5.74, 6) is 0.105. The van der Waals surface area contributed by atoms with E-state index in [4.69, 9.17) is 0 Å². The Kier molecular flexibility index (Phi) is 24.3. The summed E-state index contributed by atoms with van der Waals surface area (Å²) in [5.41, 5.74) is 12.8. The van der Waals surface area contributed by atoms with Crippen molar-refractivity contribution in [2.75, 3.05) is 76.9 Å². The maximum atomic E-state index is 2.60. The summed E-state index contributed by atoms with van der Waals surface area (Å²) >= 11 is 0. The van der Waals surface area contributed by atoms with E-state index in [1.165, 1.54) is 159 Å². The average molecular weight is 920 g/mol. The molecule has 0 heterocycles. The Balaban J connectivity index is 1.58. The third-order valence-corrected chi connectivity index (χ3v) is 13.9. The molecule has 0 bridgehead atoms. The van der Waals surface area contributed by atoms with Gasteiger partial charge in [-0.15, -0.1) is 0 Å². The fourth-order valence-electron chi connectivity index (χ4n) is 9.49. The van der Waals surface area contributed by atoms with Crippen LogP contribution in [0, 0.1) is 0 Å². The fourth-order valence-corrected chi connectivity index (χ4v) is 9.49. The van der Waals surface area contributed by atoms with Crippen LogP contribution in [0.15, 0.2) is 121 Å². The zero-order chi connectivity index (χ0) is 48.4. The van der Waals surface area contributed by atoms with Crippen molar-refractivity contribution in [2.45, 2.75) is 164 Å². The van der Waals surface area contributed by atoms with E-state index >= 15 is 0 Å². The second kappa shape index (κ2) is 30.6. The van der Waals surface area contributed by atoms with E-state index in [1.54, 1.807) is 0 Å². The van der Waals surface area contributed by atoms with Crippen molar-refractivity contribution in [3.05, 3.63) is 138 Å². The normalized spacial score (nSPS) is 11.3. The fraction of sp³-hybridized carbons (Fsp3) is 0.524. The van der Waals surface area contributed by atoms with Crippen molar-refractivity contribution < 1.29 is 0 Å². The van der Waals surface area contributed by atoms with Crippen LogP contribution in [0.1, 0.15) is 181 Å². The van der Waals surface area contributed by atoms with Crippen molar-refractivity contribution in [2.24, 2.45) is 0 Å². The maximum absolute atomic E-state index is 2.60. The van der Waals surface area contributed by atoms with E-state index in [9.17, 15) is 0 Å². The minimum Gasteiger partial charge on any atom is -0.372 e. The van der Waals surface area contributed by atoms with Crippen LogP contribution in [0.25, 0.3) is 0 Å². The minimum absolute atomic E-state index is 0.105. The number of hydrogen-bond donors (Lipinski definition) is 0. The molecule has 370 valence electrons. The molecule has 0 fully saturated rings. The molecule has 5 aromatic rings. The highest BCUT2D eigenvalue weighted by Crippen LogP contribution is 2.40. The molecule has 0 radical (unpaired) electrons. The van der Waals surface area contributed by atoms with Gasteiger partial charge in [-0.1, -0.05) is 143 Å². The van der Waals surface area contributed by atoms with Crippen LogP contribution in [0.3, 0.4) is 0 Å². The smallest absolute Gasteiger partial charge is 0.0463 e. The Morgan fingerprint density at radius 2 is 0.397 bits per heavy atom. The Labute approximate surface area is 417 Å². The van der Waals surface area contributed by atoms with Gasteiger partial charge in [0.2, 0.25) is 0 Å². The molecule has 0 atom stereocenters. The van der Waals surface area contributed by atoms with Crippen molar-refractivity contribution in [1.29, 1.82) is 0 Å². The summed E-state index contributed by atoms with van der Waals surface area (Å²) < 4.78 is 0. The third kappa shape index (κ3) is 16.1. The van der Waals surface area contributed by atoms with Crippen molar-refractivity contribution in [1.82, 2.24) is 0 Å². The highest BCUT2D eigenvalue weighted by atomic mass is 15.2. The van der Waals surface area contributed by atoms with Gasteiger partial charge in [0.1, 0.15) is 0 Å². The second-order valence-corrected chi connectivity index (χ2v) is 19.4. The first-order valence-corrected chi connectivity index (χ1v) is 27.7. The Bertz CT molecular complexity index is 1730. The molecule has 0 saturated heterocycles. The van der Waals surface area contributed by atoms with Gasteiger partial charge >= 0.3 is 0 Å². The summed E-state index contributed by atoms with van der Waals surface area (Å²) in [6.07, 6.45) is 19.4. The highest BCUT2D eigenvalue weighted by molar-refractivity contribution is 5.78. The molecule has 0 N–H and O–H groups in total. The van der Waals surface area contributed by atoms with Crippen LogP contribution in [-0.2, 0) is 0 Å². The number of nitrogens with zero attached hydrogens (tertiary/aromatic N) is 5. The Morgan fingerprint density at radius 1 is 0.235 bits per heavy atom. The number of benzene rings is 5. The Morgan fingerprint density at radius 3 is 0.588 bits per heavy atom. The third-order valence-electron chi connectivity index (χ3n) is 13.9. The molecule has 0 aliphatic heterocycles. The molecule has 0 amide bonds. The lowest BCUT2D eigenvalue weighted by Crippen LogP contribution is -2.25. The van der Waals surface area contributed by atoms with Crippen LogP contribution < -0.4 is 24.5 Å². The van der Waals surface area contributed by atoms with E-state index in [0.717, 1.165) is 52.4 Å². The molecule has 5 nitrogen and oxygen atoms in total. The van der Waals surface area contributed by atoms with E-state index in [2.05, 4.69) is 201 Å². The van der Waals surface area contributed by atoms with Gasteiger partial charge in [-0.2, -0.15) is 0 Å². The van der Waals surface area contributed by atoms with E-state index in [0.29, 0.717) is 0 Å². The van der Waals surface area contributed by atoms with Crippen LogP contribution in [-0.4, -0.2) is 52.4 Å². The molecule has 0 unspecified atom stereocenters. The molecular formula is C63H93N5. The molecule has 0 aliphatic carbocycles. The van der Waals surface area contributed by atoms with Gasteiger partial charge in [0.25, 0.3) is 0 Å². The van der Waals surface area contributed by atoms with Crippen LogP contribution >= 0.6 is 0 Å². The predicted octanol–water partition coefficient (Wildman–Crippen LogP) is 18.0. The van der Waals surface area contributed by atoms with E-state index in [-0.39, 0.29) is 5.92 Å². The monoisotopic (exact) mass is 920 g/mol. The second-order valence-electron chi connectivity index (χ2n) is 19.4. The van der Waals surface area contributed by atoms with Crippen molar-refractivity contribution >= 4 is 39.8 Å². The van der Waals surface area contributed by atoms with Gasteiger partial charge in [-0.05, 0) is 153 Å². The summed E-state index contributed by atoms with van der Waals surface area (Å²) in [5, 5.41) is 0. The number of rotatable bonds is 34. The lowest BCUT2D eigenvalue weighted by molar-refractivity contribution is 0.677. The lowest BCUT2D eigenvalue weighted by Gasteiger charge is -2.30. The SMILES string of the molecule is CCCCN(CCCC)c1ccc(C(c2ccc(N(CCCC)CCCC)cc2)c2ccc(N(c3ccc(N(CCCC)CCCC)cc3)c3ccc(N(CCCC)CCCC)cc3)cc2)cc1. The zero-order valence-electron chi connectivity index (χ0n) is 44.3. The molecule has 5 rings (SSSR count). The van der Waals surface area contributed by atoms with Crippen LogP contribution in [0.4, 0.5) is 39.8 Å². The summed E-state index contributed by atoms with van der Waals surface area (Å²) in [6, 6.07) is 47.5. The first-order valence-electron chi connectivity index (χ1n) is 27.7. The molecule has 0 spiro atoms. The average Bonchev–Trinajstić information content (AvgIpc) is 3.38. The van der Waals surface area contributed by atoms with Crippen LogP contribution in [0.5, 0.6) is 0 Å². The summed E-state index contributed by atoms with van der Waals surface area (Å²) in [4.78, 5) is 12.8. The molecule has 68 heavy (non-hydrogen) atoms. The predicted molar refractivity (Wildman–Crippen MR) is 303 cm³/mol. The number of anilines is 7.